The molecule has 0 aliphatic heterocycles. The van der Waals surface area contributed by atoms with Crippen LogP contribution in [0.15, 0.2) is 0 Å². The summed E-state index contributed by atoms with van der Waals surface area (Å²) in [7, 11) is 0. The Kier molecular flexibility index (Phi) is 26.6. The molecule has 193 valence electrons. The monoisotopic (exact) mass is 511 g/mol. The van der Waals surface area contributed by atoms with Crippen LogP contribution in [-0.4, -0.2) is 13.3 Å². The topological polar surface area (TPSA) is 0 Å². The summed E-state index contributed by atoms with van der Waals surface area (Å²) in [5, 5.41) is 1.58. The molecule has 0 aromatic heterocycles. The summed E-state index contributed by atoms with van der Waals surface area (Å²) in [5.74, 6) is 7.66. The van der Waals surface area contributed by atoms with Crippen molar-refractivity contribution in [1.82, 2.24) is 0 Å². The molecule has 0 aliphatic rings. The average molecular weight is 510 g/mol. The molecular weight excluding hydrogens is 445 g/mol. The molecule has 0 bridgehead atoms. The van der Waals surface area contributed by atoms with Gasteiger partial charge in [0.1, 0.15) is 0 Å². The van der Waals surface area contributed by atoms with Crippen LogP contribution in [-0.2, 0) is 0 Å². The van der Waals surface area contributed by atoms with Gasteiger partial charge in [0.05, 0.1) is 0 Å². The van der Waals surface area contributed by atoms with Gasteiger partial charge < -0.3 is 0 Å². The van der Waals surface area contributed by atoms with Crippen LogP contribution < -0.4 is 0 Å². The molecule has 0 aromatic carbocycles. The minimum atomic E-state index is -1.24. The normalized spacial score (nSPS) is 12.0. The van der Waals surface area contributed by atoms with E-state index in [-0.39, 0.29) is 0 Å². The second kappa shape index (κ2) is 26.2. The first-order valence-electron chi connectivity index (χ1n) is 15.4. The van der Waals surface area contributed by atoms with Gasteiger partial charge >= 0.3 is 106 Å². The Bertz CT molecular complexity index is 330. The van der Waals surface area contributed by atoms with Gasteiger partial charge in [0.2, 0.25) is 0 Å². The van der Waals surface area contributed by atoms with E-state index in [9.17, 15) is 0 Å². The average Bonchev–Trinajstić information content (AvgIpc) is 2.75. The number of rotatable bonds is 27. The summed E-state index contributed by atoms with van der Waals surface area (Å²) in [5.41, 5.74) is 0. The fourth-order valence-corrected chi connectivity index (χ4v) is 7.65. The summed E-state index contributed by atoms with van der Waals surface area (Å²) in [6, 6.07) is 0. The molecule has 0 saturated carbocycles. The fourth-order valence-electron chi connectivity index (χ4n) is 4.90. The zero-order valence-corrected chi connectivity index (χ0v) is 25.4. The van der Waals surface area contributed by atoms with Gasteiger partial charge in [-0.05, 0) is 0 Å². The van der Waals surface area contributed by atoms with Crippen molar-refractivity contribution in [2.24, 2.45) is 0 Å². The van der Waals surface area contributed by atoms with Gasteiger partial charge in [0.25, 0.3) is 0 Å². The molecule has 0 N–H and O–H groups in total. The van der Waals surface area contributed by atoms with Crippen molar-refractivity contribution in [3.8, 4) is 0 Å². The van der Waals surface area contributed by atoms with Crippen LogP contribution in [0.4, 0.5) is 0 Å². The molecule has 0 unspecified atom stereocenters. The number of unbranched alkanes of at least 4 members (excludes halogenated alkanes) is 25. The predicted molar refractivity (Wildman–Crippen MR) is 154 cm³/mol. The van der Waals surface area contributed by atoms with E-state index in [1.165, 1.54) is 161 Å². The first kappa shape index (κ1) is 32.5. The quantitative estimate of drug-likeness (QED) is 0.0762. The van der Waals surface area contributed by atoms with E-state index in [0.29, 0.717) is 0 Å². The number of hydrogen-bond acceptors (Lipinski definition) is 0. The number of hydrogen-bond donors (Lipinski definition) is 0. The van der Waals surface area contributed by atoms with Crippen LogP contribution in [0, 0.1) is 6.92 Å². The van der Waals surface area contributed by atoms with Crippen LogP contribution in [0.2, 0.25) is 22.5 Å². The Morgan fingerprint density at radius 2 is 0.500 bits per heavy atom. The molecule has 0 aliphatic carbocycles. The molecule has 1 radical (unpaired) electrons. The van der Waals surface area contributed by atoms with Gasteiger partial charge in [0.15, 0.2) is 0 Å². The Morgan fingerprint density at radius 3 is 0.688 bits per heavy atom. The van der Waals surface area contributed by atoms with E-state index in [1.54, 1.807) is 5.25 Å². The van der Waals surface area contributed by atoms with E-state index >= 15 is 0 Å². The summed E-state index contributed by atoms with van der Waals surface area (Å²) in [4.78, 5) is 0. The molecule has 0 heterocycles. The maximum atomic E-state index is 3.92. The molecule has 0 nitrogen and oxygen atoms in total. The van der Waals surface area contributed by atoms with Crippen molar-refractivity contribution in [1.29, 1.82) is 0 Å². The van der Waals surface area contributed by atoms with Gasteiger partial charge in [-0.15, -0.1) is 0 Å². The van der Waals surface area contributed by atoms with Gasteiger partial charge in [-0.3, -0.25) is 0 Å². The Hall–Kier alpha value is 0.543. The summed E-state index contributed by atoms with van der Waals surface area (Å²) in [6.07, 6.45) is 38.1. The van der Waals surface area contributed by atoms with E-state index in [1.807, 2.05) is 0 Å². The van der Waals surface area contributed by atoms with Gasteiger partial charge in [-0.2, -0.15) is 0 Å². The van der Waals surface area contributed by atoms with E-state index in [0.717, 1.165) is 6.42 Å². The van der Waals surface area contributed by atoms with E-state index in [4.69, 9.17) is 0 Å². The van der Waals surface area contributed by atoms with E-state index in [2.05, 4.69) is 24.2 Å². The second-order valence-electron chi connectivity index (χ2n) is 12.0. The first-order valence-corrected chi connectivity index (χ1v) is 23.1. The summed E-state index contributed by atoms with van der Waals surface area (Å²) < 4.78 is 0. The van der Waals surface area contributed by atoms with E-state index < -0.39 is 13.3 Å². The van der Waals surface area contributed by atoms with Gasteiger partial charge in [-0.1, -0.05) is 103 Å². The molecule has 1 heteroatoms. The third-order valence-corrected chi connectivity index (χ3v) is 11.1. The molecule has 0 amide bonds. The maximum absolute atomic E-state index is 3.92. The molecular formula is C31H65Ge. The molecule has 0 saturated heterocycles. The van der Waals surface area contributed by atoms with Crippen LogP contribution in [0.1, 0.15) is 167 Å². The van der Waals surface area contributed by atoms with Crippen molar-refractivity contribution in [3.63, 3.8) is 0 Å². The van der Waals surface area contributed by atoms with Crippen LogP contribution in [0.25, 0.3) is 0 Å². The Morgan fingerprint density at radius 1 is 0.312 bits per heavy atom. The first-order chi connectivity index (χ1) is 15.6. The van der Waals surface area contributed by atoms with Crippen LogP contribution in [0.5, 0.6) is 0 Å². The summed E-state index contributed by atoms with van der Waals surface area (Å²) >= 11 is -1.24. The SMILES string of the molecule is [CH2]CCCCCCCCCCCCCCCCCCCCCCCCCC[CH2][Ge]([CH3])([CH3])[CH3]. The third kappa shape index (κ3) is 30.5. The minimum absolute atomic E-state index is 1.12. The van der Waals surface area contributed by atoms with Crippen molar-refractivity contribution < 1.29 is 0 Å². The van der Waals surface area contributed by atoms with Crippen molar-refractivity contribution in [2.75, 3.05) is 0 Å². The predicted octanol–water partition coefficient (Wildman–Crippen LogP) is 12.3. The van der Waals surface area contributed by atoms with Crippen molar-refractivity contribution >= 4 is 13.3 Å². The third-order valence-electron chi connectivity index (χ3n) is 7.18. The van der Waals surface area contributed by atoms with Gasteiger partial charge in [-0.25, -0.2) is 0 Å². The molecule has 32 heavy (non-hydrogen) atoms. The second-order valence-corrected chi connectivity index (χ2v) is 23.8. The molecule has 0 spiro atoms. The van der Waals surface area contributed by atoms with Crippen molar-refractivity contribution in [2.45, 2.75) is 189 Å². The zero-order chi connectivity index (χ0) is 23.6. The summed E-state index contributed by atoms with van der Waals surface area (Å²) in [6.45, 7) is 3.92. The van der Waals surface area contributed by atoms with Crippen LogP contribution >= 0.6 is 0 Å². The Balaban J connectivity index is 3.02. The molecule has 0 atom stereocenters. The van der Waals surface area contributed by atoms with Gasteiger partial charge in [0, 0.05) is 0 Å². The fraction of sp³-hybridized carbons (Fsp3) is 0.968. The van der Waals surface area contributed by atoms with Crippen LogP contribution in [0.3, 0.4) is 0 Å². The zero-order valence-electron chi connectivity index (χ0n) is 23.3. The Labute approximate surface area is 209 Å². The molecule has 0 fully saturated rings. The van der Waals surface area contributed by atoms with Crippen molar-refractivity contribution in [3.05, 3.63) is 6.92 Å². The molecule has 0 rings (SSSR count). The standard InChI is InChI=1S/C31H65Ge/c1-5-6-7-8-9-10-11-12-13-14-15-16-17-18-19-20-21-22-23-24-25-26-27-28-29-30-31-32(2,3)4/h1,5-31H2,2-4H3. The molecule has 0 aromatic rings.